The summed E-state index contributed by atoms with van der Waals surface area (Å²) < 4.78 is 11.6. The lowest BCUT2D eigenvalue weighted by atomic mass is 9.93. The van der Waals surface area contributed by atoms with E-state index in [9.17, 15) is 4.79 Å². The van der Waals surface area contributed by atoms with Crippen LogP contribution in [0.3, 0.4) is 0 Å². The van der Waals surface area contributed by atoms with Gasteiger partial charge in [-0.15, -0.1) is 0 Å². The lowest BCUT2D eigenvalue weighted by Gasteiger charge is -2.38. The number of para-hydroxylation sites is 1. The number of likely N-dealkylation sites (N-methyl/N-ethyl adjacent to an activating group) is 1. The molecule has 2 heterocycles. The Balaban J connectivity index is 1.52. The highest BCUT2D eigenvalue weighted by atomic mass is 16.6. The molecule has 3 rings (SSSR count). The van der Waals surface area contributed by atoms with E-state index in [0.717, 1.165) is 44.6 Å². The molecule has 1 amide bonds. The molecule has 5 heteroatoms. The topological polar surface area (TPSA) is 42.0 Å². The fourth-order valence-corrected chi connectivity index (χ4v) is 3.61. The van der Waals surface area contributed by atoms with Gasteiger partial charge in [0.25, 0.3) is 0 Å². The van der Waals surface area contributed by atoms with Crippen LogP contribution in [0.4, 0.5) is 4.79 Å². The number of ether oxygens (including phenoxy) is 2. The quantitative estimate of drug-likeness (QED) is 0.837. The van der Waals surface area contributed by atoms with E-state index in [0.29, 0.717) is 13.2 Å². The van der Waals surface area contributed by atoms with E-state index in [2.05, 4.69) is 17.9 Å². The number of piperidine rings is 1. The molecular weight excluding hydrogens is 292 g/mol. The Morgan fingerprint density at radius 2 is 2.13 bits per heavy atom. The van der Waals surface area contributed by atoms with Crippen LogP contribution < -0.4 is 4.74 Å². The zero-order valence-corrected chi connectivity index (χ0v) is 14.1. The summed E-state index contributed by atoms with van der Waals surface area (Å²) in [6, 6.07) is 8.20. The molecule has 1 atom stereocenters. The lowest BCUT2D eigenvalue weighted by Crippen LogP contribution is -2.51. The first kappa shape index (κ1) is 16.1. The normalized spacial score (nSPS) is 25.0. The SMILES string of the molecule is CCc1ccccc1OCCN1CCC[C@]2(C1)CN(C)C(=O)O2. The summed E-state index contributed by atoms with van der Waals surface area (Å²) in [6.07, 6.45) is 2.80. The van der Waals surface area contributed by atoms with Gasteiger partial charge in [0.1, 0.15) is 18.0 Å². The Labute approximate surface area is 138 Å². The highest BCUT2D eigenvalue weighted by Crippen LogP contribution is 2.31. The maximum Gasteiger partial charge on any atom is 0.410 e. The first-order chi connectivity index (χ1) is 11.1. The van der Waals surface area contributed by atoms with Gasteiger partial charge in [-0.2, -0.15) is 0 Å². The van der Waals surface area contributed by atoms with Crippen molar-refractivity contribution in [3.8, 4) is 5.75 Å². The predicted octanol–water partition coefficient (Wildman–Crippen LogP) is 2.54. The van der Waals surface area contributed by atoms with Crippen LogP contribution in [-0.4, -0.2) is 61.3 Å². The average molecular weight is 318 g/mol. The number of likely N-dealkylation sites (tertiary alicyclic amines) is 1. The second-order valence-corrected chi connectivity index (χ2v) is 6.60. The van der Waals surface area contributed by atoms with Gasteiger partial charge in [0.2, 0.25) is 0 Å². The van der Waals surface area contributed by atoms with Crippen molar-refractivity contribution in [1.82, 2.24) is 9.80 Å². The number of hydrogen-bond acceptors (Lipinski definition) is 4. The van der Waals surface area contributed by atoms with E-state index in [-0.39, 0.29) is 11.7 Å². The molecule has 1 aromatic carbocycles. The zero-order valence-electron chi connectivity index (χ0n) is 14.1. The van der Waals surface area contributed by atoms with Gasteiger partial charge in [0.15, 0.2) is 0 Å². The monoisotopic (exact) mass is 318 g/mol. The third-order valence-corrected chi connectivity index (χ3v) is 4.78. The van der Waals surface area contributed by atoms with Gasteiger partial charge in [0, 0.05) is 20.1 Å². The standard InChI is InChI=1S/C18H26N2O3/c1-3-15-7-4-5-8-16(15)22-12-11-20-10-6-9-18(14-20)13-19(2)17(21)23-18/h4-5,7-8H,3,6,9-14H2,1-2H3/t18-/m1/s1. The van der Waals surface area contributed by atoms with E-state index in [1.807, 2.05) is 18.2 Å². The smallest absolute Gasteiger partial charge is 0.410 e. The minimum absolute atomic E-state index is 0.194. The maximum atomic E-state index is 11.7. The molecule has 0 radical (unpaired) electrons. The molecule has 1 spiro atoms. The number of nitrogens with zero attached hydrogens (tertiary/aromatic N) is 2. The van der Waals surface area contributed by atoms with Crippen molar-refractivity contribution in [2.45, 2.75) is 31.8 Å². The fourth-order valence-electron chi connectivity index (χ4n) is 3.61. The van der Waals surface area contributed by atoms with Crippen molar-refractivity contribution in [1.29, 1.82) is 0 Å². The molecule has 2 saturated heterocycles. The van der Waals surface area contributed by atoms with Crippen molar-refractivity contribution < 1.29 is 14.3 Å². The second-order valence-electron chi connectivity index (χ2n) is 6.60. The van der Waals surface area contributed by atoms with Gasteiger partial charge >= 0.3 is 6.09 Å². The number of aryl methyl sites for hydroxylation is 1. The fraction of sp³-hybridized carbons (Fsp3) is 0.611. The van der Waals surface area contributed by atoms with Crippen molar-refractivity contribution in [3.05, 3.63) is 29.8 Å². The Kier molecular flexibility index (Phi) is 4.76. The Morgan fingerprint density at radius 1 is 1.30 bits per heavy atom. The lowest BCUT2D eigenvalue weighted by molar-refractivity contribution is -0.0117. The van der Waals surface area contributed by atoms with Gasteiger partial charge in [0.05, 0.1) is 6.54 Å². The Morgan fingerprint density at radius 3 is 2.87 bits per heavy atom. The third-order valence-electron chi connectivity index (χ3n) is 4.78. The van der Waals surface area contributed by atoms with Crippen LogP contribution in [0.5, 0.6) is 5.75 Å². The summed E-state index contributed by atoms with van der Waals surface area (Å²) in [7, 11) is 1.81. The Bertz CT molecular complexity index is 563. The number of rotatable bonds is 5. The molecule has 1 aromatic rings. The van der Waals surface area contributed by atoms with Crippen LogP contribution in [0.15, 0.2) is 24.3 Å². The summed E-state index contributed by atoms with van der Waals surface area (Å²) in [5.41, 5.74) is 0.930. The molecule has 0 saturated carbocycles. The molecule has 2 fully saturated rings. The second kappa shape index (κ2) is 6.79. The van der Waals surface area contributed by atoms with Gasteiger partial charge in [-0.05, 0) is 37.4 Å². The first-order valence-electron chi connectivity index (χ1n) is 8.49. The number of carbonyl (C=O) groups is 1. The summed E-state index contributed by atoms with van der Waals surface area (Å²) in [5, 5.41) is 0. The highest BCUT2D eigenvalue weighted by Gasteiger charge is 2.46. The molecule has 0 unspecified atom stereocenters. The number of hydrogen-bond donors (Lipinski definition) is 0. The van der Waals surface area contributed by atoms with Gasteiger partial charge in [-0.1, -0.05) is 25.1 Å². The highest BCUT2D eigenvalue weighted by molar-refractivity contribution is 5.70. The van der Waals surface area contributed by atoms with Crippen molar-refractivity contribution in [2.75, 3.05) is 39.8 Å². The van der Waals surface area contributed by atoms with Crippen LogP contribution in [0.2, 0.25) is 0 Å². The molecule has 0 aliphatic carbocycles. The van der Waals surface area contributed by atoms with Gasteiger partial charge < -0.3 is 14.4 Å². The zero-order chi connectivity index (χ0) is 16.3. The molecule has 5 nitrogen and oxygen atoms in total. The van der Waals surface area contributed by atoms with E-state index in [4.69, 9.17) is 9.47 Å². The third kappa shape index (κ3) is 3.61. The van der Waals surface area contributed by atoms with Crippen LogP contribution in [0, 0.1) is 0 Å². The van der Waals surface area contributed by atoms with Crippen LogP contribution in [0.25, 0.3) is 0 Å². The van der Waals surface area contributed by atoms with Crippen molar-refractivity contribution >= 4 is 6.09 Å². The van der Waals surface area contributed by atoms with Crippen LogP contribution in [-0.2, 0) is 11.2 Å². The summed E-state index contributed by atoms with van der Waals surface area (Å²) in [6.45, 7) is 6.21. The largest absolute Gasteiger partial charge is 0.492 e. The van der Waals surface area contributed by atoms with E-state index >= 15 is 0 Å². The summed E-state index contributed by atoms with van der Waals surface area (Å²) >= 11 is 0. The van der Waals surface area contributed by atoms with Crippen molar-refractivity contribution in [3.63, 3.8) is 0 Å². The molecule has 2 aliphatic heterocycles. The molecule has 23 heavy (non-hydrogen) atoms. The maximum absolute atomic E-state index is 11.7. The molecule has 0 N–H and O–H groups in total. The van der Waals surface area contributed by atoms with E-state index in [1.54, 1.807) is 11.9 Å². The average Bonchev–Trinajstić information content (AvgIpc) is 2.81. The minimum atomic E-state index is -0.314. The van der Waals surface area contributed by atoms with E-state index in [1.165, 1.54) is 5.56 Å². The van der Waals surface area contributed by atoms with Gasteiger partial charge in [-0.3, -0.25) is 4.90 Å². The Hall–Kier alpha value is -1.75. The number of carbonyl (C=O) groups excluding carboxylic acids is 1. The number of benzene rings is 1. The molecular formula is C18H26N2O3. The molecule has 0 aromatic heterocycles. The molecule has 2 aliphatic rings. The van der Waals surface area contributed by atoms with Crippen LogP contribution >= 0.6 is 0 Å². The number of amides is 1. The summed E-state index contributed by atoms with van der Waals surface area (Å²) in [5.74, 6) is 0.980. The summed E-state index contributed by atoms with van der Waals surface area (Å²) in [4.78, 5) is 15.7. The van der Waals surface area contributed by atoms with Crippen LogP contribution in [0.1, 0.15) is 25.3 Å². The van der Waals surface area contributed by atoms with Gasteiger partial charge in [-0.25, -0.2) is 4.79 Å². The van der Waals surface area contributed by atoms with E-state index < -0.39 is 0 Å². The first-order valence-corrected chi connectivity index (χ1v) is 8.49. The minimum Gasteiger partial charge on any atom is -0.492 e. The molecule has 0 bridgehead atoms. The predicted molar refractivity (Wildman–Crippen MR) is 88.8 cm³/mol. The van der Waals surface area contributed by atoms with Crippen molar-refractivity contribution in [2.24, 2.45) is 0 Å². The molecule has 126 valence electrons.